The molecular formula is C17H26Cl2N2O. The van der Waals surface area contributed by atoms with Gasteiger partial charge in [0.05, 0.1) is 5.92 Å². The summed E-state index contributed by atoms with van der Waals surface area (Å²) < 4.78 is 0. The van der Waals surface area contributed by atoms with Crippen molar-refractivity contribution in [3.63, 3.8) is 0 Å². The van der Waals surface area contributed by atoms with Crippen molar-refractivity contribution in [1.82, 2.24) is 10.6 Å². The predicted octanol–water partition coefficient (Wildman–Crippen LogP) is 3.62. The highest BCUT2D eigenvalue weighted by atomic mass is 35.5. The van der Waals surface area contributed by atoms with Gasteiger partial charge in [0.15, 0.2) is 0 Å². The molecule has 2 rings (SSSR count). The highest BCUT2D eigenvalue weighted by molar-refractivity contribution is 6.30. The number of hydrogen-bond acceptors (Lipinski definition) is 2. The number of rotatable bonds is 6. The lowest BCUT2D eigenvalue weighted by Crippen LogP contribution is -2.33. The molecule has 1 aliphatic rings. The maximum absolute atomic E-state index is 12.5. The van der Waals surface area contributed by atoms with Crippen LogP contribution in [0.3, 0.4) is 0 Å². The minimum atomic E-state index is -0.134. The van der Waals surface area contributed by atoms with Gasteiger partial charge in [0, 0.05) is 11.6 Å². The molecule has 2 N–H and O–H groups in total. The molecule has 0 saturated carbocycles. The van der Waals surface area contributed by atoms with E-state index in [0.717, 1.165) is 31.6 Å². The van der Waals surface area contributed by atoms with E-state index in [4.69, 9.17) is 11.6 Å². The Bertz CT molecular complexity index is 473. The van der Waals surface area contributed by atoms with Crippen molar-refractivity contribution in [1.29, 1.82) is 0 Å². The van der Waals surface area contributed by atoms with Crippen LogP contribution in [0.4, 0.5) is 0 Å². The van der Waals surface area contributed by atoms with Crippen molar-refractivity contribution in [3.8, 4) is 0 Å². The predicted molar refractivity (Wildman–Crippen MR) is 94.9 cm³/mol. The molecule has 1 fully saturated rings. The number of nitrogens with one attached hydrogen (secondary N) is 2. The zero-order chi connectivity index (χ0) is 15.2. The lowest BCUT2D eigenvalue weighted by atomic mass is 9.87. The first kappa shape index (κ1) is 19.3. The van der Waals surface area contributed by atoms with Crippen LogP contribution in [0, 0.1) is 11.8 Å². The van der Waals surface area contributed by atoms with E-state index in [1.807, 2.05) is 24.3 Å². The first-order chi connectivity index (χ1) is 10.1. The fraction of sp³-hybridized carbons (Fsp3) is 0.588. The molecule has 0 aromatic heterocycles. The molecule has 0 radical (unpaired) electrons. The van der Waals surface area contributed by atoms with Crippen LogP contribution >= 0.6 is 24.0 Å². The first-order valence-corrected chi connectivity index (χ1v) is 8.19. The van der Waals surface area contributed by atoms with E-state index < -0.39 is 0 Å². The van der Waals surface area contributed by atoms with Crippen LogP contribution in [-0.4, -0.2) is 25.5 Å². The topological polar surface area (TPSA) is 41.1 Å². The molecule has 1 aromatic carbocycles. The fourth-order valence-electron chi connectivity index (χ4n) is 3.01. The van der Waals surface area contributed by atoms with Crippen molar-refractivity contribution in [2.24, 2.45) is 11.8 Å². The molecule has 1 saturated heterocycles. The molecule has 5 heteroatoms. The van der Waals surface area contributed by atoms with Gasteiger partial charge in [-0.05, 0) is 55.5 Å². The van der Waals surface area contributed by atoms with Crippen LogP contribution in [-0.2, 0) is 4.79 Å². The largest absolute Gasteiger partial charge is 0.356 e. The van der Waals surface area contributed by atoms with Crippen LogP contribution in [0.25, 0.3) is 0 Å². The fourth-order valence-corrected chi connectivity index (χ4v) is 3.21. The van der Waals surface area contributed by atoms with Crippen molar-refractivity contribution < 1.29 is 4.79 Å². The third-order valence-electron chi connectivity index (χ3n) is 4.17. The highest BCUT2D eigenvalue weighted by Gasteiger charge is 2.24. The monoisotopic (exact) mass is 344 g/mol. The third-order valence-corrected chi connectivity index (χ3v) is 4.41. The number of halogens is 2. The smallest absolute Gasteiger partial charge is 0.227 e. The number of carbonyl (C=O) groups excluding carboxylic acids is 1. The lowest BCUT2D eigenvalue weighted by Gasteiger charge is -2.21. The van der Waals surface area contributed by atoms with Crippen molar-refractivity contribution in [3.05, 3.63) is 34.9 Å². The van der Waals surface area contributed by atoms with Crippen LogP contribution in [0.15, 0.2) is 24.3 Å². The Labute approximate surface area is 144 Å². The highest BCUT2D eigenvalue weighted by Crippen LogP contribution is 2.26. The maximum atomic E-state index is 12.5. The molecule has 1 amide bonds. The molecule has 2 unspecified atom stereocenters. The molecule has 3 nitrogen and oxygen atoms in total. The summed E-state index contributed by atoms with van der Waals surface area (Å²) in [7, 11) is 0. The molecule has 1 aliphatic heterocycles. The summed E-state index contributed by atoms with van der Waals surface area (Å²) in [6.45, 7) is 7.10. The molecule has 0 bridgehead atoms. The molecule has 0 aliphatic carbocycles. The normalized spacial score (nSPS) is 18.8. The SMILES string of the molecule is CC(C)C(C(=O)NCCC1CCNC1)c1cccc(Cl)c1.Cl. The van der Waals surface area contributed by atoms with Gasteiger partial charge >= 0.3 is 0 Å². The zero-order valence-electron chi connectivity index (χ0n) is 13.3. The van der Waals surface area contributed by atoms with Gasteiger partial charge in [0.1, 0.15) is 0 Å². The first-order valence-electron chi connectivity index (χ1n) is 7.82. The second kappa shape index (κ2) is 9.39. The van der Waals surface area contributed by atoms with Gasteiger partial charge < -0.3 is 10.6 Å². The molecule has 22 heavy (non-hydrogen) atoms. The third kappa shape index (κ3) is 5.45. The summed E-state index contributed by atoms with van der Waals surface area (Å²) in [5, 5.41) is 7.14. The van der Waals surface area contributed by atoms with Gasteiger partial charge in [-0.25, -0.2) is 0 Å². The molecule has 1 heterocycles. The van der Waals surface area contributed by atoms with Gasteiger partial charge in [-0.1, -0.05) is 37.6 Å². The molecule has 124 valence electrons. The summed E-state index contributed by atoms with van der Waals surface area (Å²) >= 11 is 6.05. The van der Waals surface area contributed by atoms with Crippen molar-refractivity contribution >= 4 is 29.9 Å². The summed E-state index contributed by atoms with van der Waals surface area (Å²) in [6, 6.07) is 7.63. The number of carbonyl (C=O) groups is 1. The van der Waals surface area contributed by atoms with Gasteiger partial charge in [-0.3, -0.25) is 4.79 Å². The molecular weight excluding hydrogens is 319 g/mol. The average Bonchev–Trinajstić information content (AvgIpc) is 2.91. The quantitative estimate of drug-likeness (QED) is 0.827. The minimum absolute atomic E-state index is 0. The van der Waals surface area contributed by atoms with Crippen molar-refractivity contribution in [2.75, 3.05) is 19.6 Å². The molecule has 2 atom stereocenters. The lowest BCUT2D eigenvalue weighted by molar-refractivity contribution is -0.123. The maximum Gasteiger partial charge on any atom is 0.227 e. The van der Waals surface area contributed by atoms with E-state index in [9.17, 15) is 4.79 Å². The summed E-state index contributed by atoms with van der Waals surface area (Å²) in [6.07, 6.45) is 2.27. The molecule has 1 aromatic rings. The van der Waals surface area contributed by atoms with Gasteiger partial charge in [-0.15, -0.1) is 12.4 Å². The Morgan fingerprint density at radius 3 is 2.82 bits per heavy atom. The number of amides is 1. The summed E-state index contributed by atoms with van der Waals surface area (Å²) in [5.41, 5.74) is 0.998. The van der Waals surface area contributed by atoms with E-state index in [1.54, 1.807) is 0 Å². The second-order valence-corrected chi connectivity index (χ2v) is 6.65. The molecule has 0 spiro atoms. The van der Waals surface area contributed by atoms with Gasteiger partial charge in [0.25, 0.3) is 0 Å². The Morgan fingerprint density at radius 2 is 2.23 bits per heavy atom. The van der Waals surface area contributed by atoms with Crippen LogP contribution in [0.2, 0.25) is 5.02 Å². The van der Waals surface area contributed by atoms with Crippen LogP contribution in [0.1, 0.15) is 38.2 Å². The van der Waals surface area contributed by atoms with Crippen molar-refractivity contribution in [2.45, 2.75) is 32.6 Å². The standard InChI is InChI=1S/C17H25ClN2O.ClH/c1-12(2)16(14-4-3-5-15(18)10-14)17(21)20-9-7-13-6-8-19-11-13;/h3-5,10,12-13,16,19H,6-9,11H2,1-2H3,(H,20,21);1H. The van der Waals surface area contributed by atoms with E-state index in [-0.39, 0.29) is 30.2 Å². The zero-order valence-corrected chi connectivity index (χ0v) is 14.8. The Balaban J connectivity index is 0.00000242. The number of benzene rings is 1. The Morgan fingerprint density at radius 1 is 1.45 bits per heavy atom. The van der Waals surface area contributed by atoms with Gasteiger partial charge in [0.2, 0.25) is 5.91 Å². The van der Waals surface area contributed by atoms with Crippen LogP contribution in [0.5, 0.6) is 0 Å². The van der Waals surface area contributed by atoms with E-state index in [1.165, 1.54) is 6.42 Å². The average molecular weight is 345 g/mol. The Hall–Kier alpha value is -0.770. The summed E-state index contributed by atoms with van der Waals surface area (Å²) in [5.74, 6) is 0.925. The van der Waals surface area contributed by atoms with Crippen LogP contribution < -0.4 is 10.6 Å². The van der Waals surface area contributed by atoms with E-state index in [0.29, 0.717) is 10.9 Å². The van der Waals surface area contributed by atoms with Gasteiger partial charge in [-0.2, -0.15) is 0 Å². The summed E-state index contributed by atoms with van der Waals surface area (Å²) in [4.78, 5) is 12.5. The number of hydrogen-bond donors (Lipinski definition) is 2. The minimum Gasteiger partial charge on any atom is -0.356 e. The van der Waals surface area contributed by atoms with E-state index >= 15 is 0 Å². The second-order valence-electron chi connectivity index (χ2n) is 6.22. The van der Waals surface area contributed by atoms with E-state index in [2.05, 4.69) is 24.5 Å². The Kier molecular flexibility index (Phi) is 8.23.